The third-order valence-corrected chi connectivity index (χ3v) is 3.75. The van der Waals surface area contributed by atoms with Crippen molar-refractivity contribution >= 4 is 5.78 Å². The zero-order chi connectivity index (χ0) is 13.5. The SMILES string of the molecule is COCC1CCN(CCCC(=O)c2ccccc2)C1. The number of rotatable bonds is 7. The number of methoxy groups -OCH3 is 1. The van der Waals surface area contributed by atoms with Gasteiger partial charge in [-0.3, -0.25) is 4.79 Å². The van der Waals surface area contributed by atoms with Crippen LogP contribution in [0.2, 0.25) is 0 Å². The molecule has 1 aromatic rings. The van der Waals surface area contributed by atoms with Gasteiger partial charge in [-0.2, -0.15) is 0 Å². The highest BCUT2D eigenvalue weighted by atomic mass is 16.5. The van der Waals surface area contributed by atoms with Gasteiger partial charge < -0.3 is 9.64 Å². The van der Waals surface area contributed by atoms with Crippen LogP contribution in [0.4, 0.5) is 0 Å². The summed E-state index contributed by atoms with van der Waals surface area (Å²) in [5, 5.41) is 0. The minimum atomic E-state index is 0.258. The molecule has 0 aliphatic carbocycles. The van der Waals surface area contributed by atoms with Gasteiger partial charge in [0, 0.05) is 25.6 Å². The molecular formula is C16H23NO2. The Morgan fingerprint density at radius 3 is 2.89 bits per heavy atom. The monoisotopic (exact) mass is 261 g/mol. The fourth-order valence-electron chi connectivity index (χ4n) is 2.72. The van der Waals surface area contributed by atoms with Gasteiger partial charge in [-0.25, -0.2) is 0 Å². The second-order valence-corrected chi connectivity index (χ2v) is 5.30. The zero-order valence-corrected chi connectivity index (χ0v) is 11.7. The Labute approximate surface area is 115 Å². The van der Waals surface area contributed by atoms with Gasteiger partial charge in [0.05, 0.1) is 6.61 Å². The lowest BCUT2D eigenvalue weighted by atomic mass is 10.1. The highest BCUT2D eigenvalue weighted by Crippen LogP contribution is 2.17. The molecule has 3 nitrogen and oxygen atoms in total. The van der Waals surface area contributed by atoms with Crippen LogP contribution in [0.5, 0.6) is 0 Å². The van der Waals surface area contributed by atoms with E-state index in [0.717, 1.165) is 38.2 Å². The Morgan fingerprint density at radius 1 is 1.37 bits per heavy atom. The fraction of sp³-hybridized carbons (Fsp3) is 0.562. The number of hydrogen-bond acceptors (Lipinski definition) is 3. The minimum Gasteiger partial charge on any atom is -0.384 e. The lowest BCUT2D eigenvalue weighted by molar-refractivity contribution is 0.0975. The maximum atomic E-state index is 11.9. The smallest absolute Gasteiger partial charge is 0.162 e. The molecule has 1 heterocycles. The van der Waals surface area contributed by atoms with Crippen LogP contribution < -0.4 is 0 Å². The van der Waals surface area contributed by atoms with E-state index in [1.807, 2.05) is 30.3 Å². The summed E-state index contributed by atoms with van der Waals surface area (Å²) in [5.74, 6) is 0.933. The van der Waals surface area contributed by atoms with Crippen LogP contribution in [0, 0.1) is 5.92 Å². The van der Waals surface area contributed by atoms with Gasteiger partial charge in [-0.15, -0.1) is 0 Å². The minimum absolute atomic E-state index is 0.258. The molecule has 1 aliphatic rings. The van der Waals surface area contributed by atoms with Crippen molar-refractivity contribution < 1.29 is 9.53 Å². The lowest BCUT2D eigenvalue weighted by Gasteiger charge is -2.15. The average Bonchev–Trinajstić information content (AvgIpc) is 2.88. The van der Waals surface area contributed by atoms with Gasteiger partial charge in [0.15, 0.2) is 5.78 Å². The maximum absolute atomic E-state index is 11.9. The van der Waals surface area contributed by atoms with E-state index in [4.69, 9.17) is 4.74 Å². The van der Waals surface area contributed by atoms with Crippen molar-refractivity contribution in [3.05, 3.63) is 35.9 Å². The van der Waals surface area contributed by atoms with Crippen molar-refractivity contribution in [2.75, 3.05) is 33.4 Å². The van der Waals surface area contributed by atoms with Crippen molar-refractivity contribution in [2.45, 2.75) is 19.3 Å². The van der Waals surface area contributed by atoms with Gasteiger partial charge in [0.1, 0.15) is 0 Å². The molecule has 1 aromatic carbocycles. The Hall–Kier alpha value is -1.19. The van der Waals surface area contributed by atoms with Crippen LogP contribution in [0.15, 0.2) is 30.3 Å². The molecule has 104 valence electrons. The normalized spacial score (nSPS) is 19.7. The van der Waals surface area contributed by atoms with Crippen LogP contribution in [0.25, 0.3) is 0 Å². The summed E-state index contributed by atoms with van der Waals surface area (Å²) < 4.78 is 5.19. The topological polar surface area (TPSA) is 29.5 Å². The average molecular weight is 261 g/mol. The third kappa shape index (κ3) is 4.44. The van der Waals surface area contributed by atoms with Crippen LogP contribution >= 0.6 is 0 Å². The Morgan fingerprint density at radius 2 is 2.16 bits per heavy atom. The number of carbonyl (C=O) groups is 1. The molecule has 0 bridgehead atoms. The summed E-state index contributed by atoms with van der Waals surface area (Å²) in [7, 11) is 1.77. The van der Waals surface area contributed by atoms with Crippen LogP contribution in [-0.2, 0) is 4.74 Å². The summed E-state index contributed by atoms with van der Waals surface area (Å²) in [6.07, 6.45) is 2.82. The number of likely N-dealkylation sites (tertiary alicyclic amines) is 1. The number of Topliss-reactive ketones (excluding diaryl/α,β-unsaturated/α-hetero) is 1. The molecular weight excluding hydrogens is 238 g/mol. The Balaban J connectivity index is 1.66. The van der Waals surface area contributed by atoms with Crippen molar-refractivity contribution in [1.29, 1.82) is 0 Å². The van der Waals surface area contributed by atoms with Crippen molar-refractivity contribution in [3.63, 3.8) is 0 Å². The predicted molar refractivity (Wildman–Crippen MR) is 76.4 cm³/mol. The molecule has 1 atom stereocenters. The predicted octanol–water partition coefficient (Wildman–Crippen LogP) is 2.62. The van der Waals surface area contributed by atoms with Crippen LogP contribution in [0.1, 0.15) is 29.6 Å². The molecule has 1 aliphatic heterocycles. The first-order valence-corrected chi connectivity index (χ1v) is 7.09. The lowest BCUT2D eigenvalue weighted by Crippen LogP contribution is -2.23. The molecule has 1 fully saturated rings. The van der Waals surface area contributed by atoms with Crippen LogP contribution in [-0.4, -0.2) is 44.0 Å². The van der Waals surface area contributed by atoms with E-state index in [1.165, 1.54) is 6.42 Å². The molecule has 19 heavy (non-hydrogen) atoms. The van der Waals surface area contributed by atoms with Gasteiger partial charge in [0.2, 0.25) is 0 Å². The van der Waals surface area contributed by atoms with Crippen molar-refractivity contribution in [1.82, 2.24) is 4.90 Å². The Bertz CT molecular complexity index is 391. The van der Waals surface area contributed by atoms with E-state index < -0.39 is 0 Å². The standard InChI is InChI=1S/C16H23NO2/c1-19-13-14-9-11-17(12-14)10-5-8-16(18)15-6-3-2-4-7-15/h2-4,6-7,14H,5,8-13H2,1H3. The van der Waals surface area contributed by atoms with E-state index in [2.05, 4.69) is 4.90 Å². The molecule has 1 saturated heterocycles. The molecule has 0 N–H and O–H groups in total. The largest absolute Gasteiger partial charge is 0.384 e. The van der Waals surface area contributed by atoms with Gasteiger partial charge in [-0.05, 0) is 31.8 Å². The quantitative estimate of drug-likeness (QED) is 0.707. The van der Waals surface area contributed by atoms with Crippen molar-refractivity contribution in [2.24, 2.45) is 5.92 Å². The first-order chi connectivity index (χ1) is 9.29. The summed E-state index contributed by atoms with van der Waals surface area (Å²) in [6, 6.07) is 9.57. The van der Waals surface area contributed by atoms with Gasteiger partial charge >= 0.3 is 0 Å². The molecule has 3 heteroatoms. The fourth-order valence-corrected chi connectivity index (χ4v) is 2.72. The van der Waals surface area contributed by atoms with E-state index in [-0.39, 0.29) is 5.78 Å². The number of nitrogens with zero attached hydrogens (tertiary/aromatic N) is 1. The second-order valence-electron chi connectivity index (χ2n) is 5.30. The van der Waals surface area contributed by atoms with Crippen LogP contribution in [0.3, 0.4) is 0 Å². The summed E-state index contributed by atoms with van der Waals surface area (Å²) in [5.41, 5.74) is 0.834. The number of carbonyl (C=O) groups excluding carboxylic acids is 1. The number of benzene rings is 1. The number of ether oxygens (including phenoxy) is 1. The summed E-state index contributed by atoms with van der Waals surface area (Å²) in [4.78, 5) is 14.4. The van der Waals surface area contributed by atoms with E-state index in [9.17, 15) is 4.79 Å². The zero-order valence-electron chi connectivity index (χ0n) is 11.7. The molecule has 0 radical (unpaired) electrons. The number of ketones is 1. The maximum Gasteiger partial charge on any atom is 0.162 e. The highest BCUT2D eigenvalue weighted by molar-refractivity contribution is 5.95. The van der Waals surface area contributed by atoms with Gasteiger partial charge in [-0.1, -0.05) is 30.3 Å². The molecule has 0 saturated carbocycles. The summed E-state index contributed by atoms with van der Waals surface area (Å²) in [6.45, 7) is 4.15. The van der Waals surface area contributed by atoms with E-state index in [1.54, 1.807) is 7.11 Å². The van der Waals surface area contributed by atoms with Crippen molar-refractivity contribution in [3.8, 4) is 0 Å². The first-order valence-electron chi connectivity index (χ1n) is 7.09. The van der Waals surface area contributed by atoms with E-state index >= 15 is 0 Å². The summed E-state index contributed by atoms with van der Waals surface area (Å²) >= 11 is 0. The van der Waals surface area contributed by atoms with E-state index in [0.29, 0.717) is 12.3 Å². The highest BCUT2D eigenvalue weighted by Gasteiger charge is 2.21. The first kappa shape index (κ1) is 14.2. The van der Waals surface area contributed by atoms with Gasteiger partial charge in [0.25, 0.3) is 0 Å². The number of hydrogen-bond donors (Lipinski definition) is 0. The molecule has 1 unspecified atom stereocenters. The third-order valence-electron chi connectivity index (χ3n) is 3.75. The molecule has 0 spiro atoms. The second kappa shape index (κ2) is 7.41. The Kier molecular flexibility index (Phi) is 5.55. The molecule has 2 rings (SSSR count). The molecule has 0 aromatic heterocycles. The molecule has 0 amide bonds.